The minimum Gasteiger partial charge on any atom is -0.378 e. The number of benzene rings is 1. The van der Waals surface area contributed by atoms with E-state index < -0.39 is 6.43 Å². The Hall–Kier alpha value is -1.16. The van der Waals surface area contributed by atoms with Crippen LogP contribution >= 0.6 is 0 Å². The van der Waals surface area contributed by atoms with E-state index in [1.54, 1.807) is 13.0 Å². The Morgan fingerprint density at radius 1 is 1.17 bits per heavy atom. The van der Waals surface area contributed by atoms with Gasteiger partial charge in [0.1, 0.15) is 0 Å². The zero-order chi connectivity index (χ0) is 13.5. The van der Waals surface area contributed by atoms with Gasteiger partial charge in [0.2, 0.25) is 0 Å². The van der Waals surface area contributed by atoms with Crippen LogP contribution in [0.5, 0.6) is 0 Å². The summed E-state index contributed by atoms with van der Waals surface area (Å²) in [6.07, 6.45) is -2.39. The molecule has 0 aromatic heterocycles. The van der Waals surface area contributed by atoms with Gasteiger partial charge in [-0.2, -0.15) is 0 Å². The number of anilines is 1. The van der Waals surface area contributed by atoms with Gasteiger partial charge in [-0.15, -0.1) is 0 Å². The maximum Gasteiger partial charge on any atom is 0.264 e. The molecule has 0 saturated carbocycles. The highest BCUT2D eigenvalue weighted by Gasteiger charge is 2.14. The van der Waals surface area contributed by atoms with Gasteiger partial charge in [-0.1, -0.05) is 19.9 Å². The van der Waals surface area contributed by atoms with Crippen molar-refractivity contribution in [2.24, 2.45) is 0 Å². The quantitative estimate of drug-likeness (QED) is 0.799. The Labute approximate surface area is 108 Å². The van der Waals surface area contributed by atoms with Gasteiger partial charge in [-0.05, 0) is 24.6 Å². The maximum absolute atomic E-state index is 12.6. The van der Waals surface area contributed by atoms with E-state index >= 15 is 0 Å². The Balaban J connectivity index is 0.000000771. The predicted molar refractivity (Wildman–Crippen MR) is 70.5 cm³/mol. The lowest BCUT2D eigenvalue weighted by Crippen LogP contribution is -2.36. The third kappa shape index (κ3) is 3.67. The number of rotatable bonds is 2. The molecule has 0 N–H and O–H groups in total. The summed E-state index contributed by atoms with van der Waals surface area (Å²) in [5.41, 5.74) is 1.78. The molecule has 0 spiro atoms. The molecular weight excluding hydrogens is 236 g/mol. The smallest absolute Gasteiger partial charge is 0.264 e. The standard InChI is InChI=1S/C12H15F2NO.C2H6/c1-9-8-10(2-3-11(9)12(13)14)15-4-6-16-7-5-15;1-2/h2-3,8,12H,4-7H2,1H3;1-2H3. The Morgan fingerprint density at radius 2 is 1.78 bits per heavy atom. The molecule has 0 amide bonds. The van der Waals surface area contributed by atoms with Gasteiger partial charge < -0.3 is 9.64 Å². The Bertz CT molecular complexity index is 363. The molecule has 1 aliphatic heterocycles. The predicted octanol–water partition coefficient (Wildman–Crippen LogP) is 3.80. The van der Waals surface area contributed by atoms with E-state index in [1.165, 1.54) is 6.07 Å². The molecule has 2 rings (SSSR count). The van der Waals surface area contributed by atoms with Gasteiger partial charge in [-0.3, -0.25) is 0 Å². The van der Waals surface area contributed by atoms with Crippen molar-refractivity contribution in [3.8, 4) is 0 Å². The summed E-state index contributed by atoms with van der Waals surface area (Å²) in [6, 6.07) is 5.11. The number of ether oxygens (including phenoxy) is 1. The number of hydrogen-bond donors (Lipinski definition) is 0. The van der Waals surface area contributed by atoms with Crippen LogP contribution in [-0.2, 0) is 4.74 Å². The van der Waals surface area contributed by atoms with Crippen molar-refractivity contribution >= 4 is 5.69 Å². The number of hydrogen-bond acceptors (Lipinski definition) is 2. The second-order valence-electron chi connectivity index (χ2n) is 3.94. The van der Waals surface area contributed by atoms with Crippen LogP contribution < -0.4 is 4.90 Å². The van der Waals surface area contributed by atoms with Crippen LogP contribution in [0.2, 0.25) is 0 Å². The molecule has 1 aromatic rings. The SMILES string of the molecule is CC.Cc1cc(N2CCOCC2)ccc1C(F)F. The van der Waals surface area contributed by atoms with Crippen LogP contribution in [0.3, 0.4) is 0 Å². The van der Waals surface area contributed by atoms with Crippen LogP contribution in [0.4, 0.5) is 14.5 Å². The van der Waals surface area contributed by atoms with Gasteiger partial charge in [0, 0.05) is 24.3 Å². The second kappa shape index (κ2) is 7.31. The zero-order valence-corrected chi connectivity index (χ0v) is 11.2. The molecule has 0 bridgehead atoms. The molecule has 1 fully saturated rings. The third-order valence-corrected chi connectivity index (χ3v) is 2.86. The normalized spacial score (nSPS) is 15.3. The van der Waals surface area contributed by atoms with E-state index in [1.807, 2.05) is 19.9 Å². The molecule has 1 saturated heterocycles. The highest BCUT2D eigenvalue weighted by Crippen LogP contribution is 2.26. The highest BCUT2D eigenvalue weighted by molar-refractivity contribution is 5.51. The maximum atomic E-state index is 12.6. The lowest BCUT2D eigenvalue weighted by molar-refractivity contribution is 0.122. The van der Waals surface area contributed by atoms with Crippen molar-refractivity contribution in [1.82, 2.24) is 0 Å². The van der Waals surface area contributed by atoms with Crippen LogP contribution in [0.15, 0.2) is 18.2 Å². The summed E-state index contributed by atoms with van der Waals surface area (Å²) in [5, 5.41) is 0. The van der Waals surface area contributed by atoms with Crippen LogP contribution in [0.1, 0.15) is 31.4 Å². The van der Waals surface area contributed by atoms with E-state index in [0.717, 1.165) is 18.8 Å². The zero-order valence-electron chi connectivity index (χ0n) is 11.2. The van der Waals surface area contributed by atoms with Gasteiger partial charge >= 0.3 is 0 Å². The van der Waals surface area contributed by atoms with Crippen molar-refractivity contribution in [3.05, 3.63) is 29.3 Å². The molecule has 102 valence electrons. The number of halogens is 2. The monoisotopic (exact) mass is 257 g/mol. The van der Waals surface area contributed by atoms with E-state index in [0.29, 0.717) is 18.8 Å². The summed E-state index contributed by atoms with van der Waals surface area (Å²) in [4.78, 5) is 2.16. The minimum absolute atomic E-state index is 0.122. The van der Waals surface area contributed by atoms with Crippen molar-refractivity contribution < 1.29 is 13.5 Å². The van der Waals surface area contributed by atoms with E-state index in [4.69, 9.17) is 4.74 Å². The fourth-order valence-corrected chi connectivity index (χ4v) is 1.92. The van der Waals surface area contributed by atoms with Gasteiger partial charge in [0.05, 0.1) is 13.2 Å². The molecule has 0 aliphatic carbocycles. The van der Waals surface area contributed by atoms with Crippen LogP contribution in [0, 0.1) is 6.92 Å². The summed E-state index contributed by atoms with van der Waals surface area (Å²) < 4.78 is 30.4. The topological polar surface area (TPSA) is 12.5 Å². The van der Waals surface area contributed by atoms with Crippen LogP contribution in [0.25, 0.3) is 0 Å². The van der Waals surface area contributed by atoms with E-state index in [2.05, 4.69) is 4.90 Å². The first-order valence-electron chi connectivity index (χ1n) is 6.40. The fraction of sp³-hybridized carbons (Fsp3) is 0.571. The van der Waals surface area contributed by atoms with Crippen LogP contribution in [-0.4, -0.2) is 26.3 Å². The number of nitrogens with zero attached hydrogens (tertiary/aromatic N) is 1. The highest BCUT2D eigenvalue weighted by atomic mass is 19.3. The fourth-order valence-electron chi connectivity index (χ4n) is 1.92. The average molecular weight is 257 g/mol. The molecular formula is C14H21F2NO. The van der Waals surface area contributed by atoms with Crippen molar-refractivity contribution in [2.75, 3.05) is 31.2 Å². The number of alkyl halides is 2. The molecule has 0 unspecified atom stereocenters. The minimum atomic E-state index is -2.39. The molecule has 1 heterocycles. The first-order valence-corrected chi connectivity index (χ1v) is 6.40. The number of aryl methyl sites for hydroxylation is 1. The van der Waals surface area contributed by atoms with Gasteiger partial charge in [0.25, 0.3) is 6.43 Å². The molecule has 1 aromatic carbocycles. The lowest BCUT2D eigenvalue weighted by atomic mass is 10.1. The summed E-state index contributed by atoms with van der Waals surface area (Å²) >= 11 is 0. The molecule has 0 radical (unpaired) electrons. The molecule has 0 atom stereocenters. The van der Waals surface area contributed by atoms with E-state index in [-0.39, 0.29) is 5.56 Å². The third-order valence-electron chi connectivity index (χ3n) is 2.86. The van der Waals surface area contributed by atoms with E-state index in [9.17, 15) is 8.78 Å². The first kappa shape index (κ1) is 14.9. The molecule has 18 heavy (non-hydrogen) atoms. The van der Waals surface area contributed by atoms with Gasteiger partial charge in [0.15, 0.2) is 0 Å². The first-order chi connectivity index (χ1) is 8.68. The average Bonchev–Trinajstić information content (AvgIpc) is 2.41. The molecule has 1 aliphatic rings. The largest absolute Gasteiger partial charge is 0.378 e. The number of morpholine rings is 1. The lowest BCUT2D eigenvalue weighted by Gasteiger charge is -2.29. The van der Waals surface area contributed by atoms with Crippen molar-refractivity contribution in [2.45, 2.75) is 27.2 Å². The molecule has 4 heteroatoms. The second-order valence-corrected chi connectivity index (χ2v) is 3.94. The van der Waals surface area contributed by atoms with Gasteiger partial charge in [-0.25, -0.2) is 8.78 Å². The molecule has 2 nitrogen and oxygen atoms in total. The summed E-state index contributed by atoms with van der Waals surface area (Å²) in [7, 11) is 0. The Kier molecular flexibility index (Phi) is 6.05. The Morgan fingerprint density at radius 3 is 2.28 bits per heavy atom. The summed E-state index contributed by atoms with van der Waals surface area (Å²) in [5.74, 6) is 0. The van der Waals surface area contributed by atoms with Crippen molar-refractivity contribution in [1.29, 1.82) is 0 Å². The van der Waals surface area contributed by atoms with Crippen molar-refractivity contribution in [3.63, 3.8) is 0 Å². The summed E-state index contributed by atoms with van der Waals surface area (Å²) in [6.45, 7) is 8.79.